The quantitative estimate of drug-likeness (QED) is 0.255. The Morgan fingerprint density at radius 1 is 1.09 bits per heavy atom. The molecule has 0 spiro atoms. The first-order valence-corrected chi connectivity index (χ1v) is 15.7. The van der Waals surface area contributed by atoms with E-state index in [1.807, 2.05) is 0 Å². The number of benzene rings is 1. The van der Waals surface area contributed by atoms with Crippen molar-refractivity contribution in [3.63, 3.8) is 0 Å². The Morgan fingerprint density at radius 3 is 2.18 bits per heavy atom. The van der Waals surface area contributed by atoms with Crippen LogP contribution in [0.5, 0.6) is 0 Å². The van der Waals surface area contributed by atoms with E-state index in [0.29, 0.717) is 17.0 Å². The van der Waals surface area contributed by atoms with Crippen molar-refractivity contribution in [3.8, 4) is 6.19 Å². The first kappa shape index (κ1) is 34.2. The van der Waals surface area contributed by atoms with Crippen LogP contribution in [0.4, 0.5) is 38.3 Å². The minimum atomic E-state index is -10.2. The lowest BCUT2D eigenvalue weighted by Crippen LogP contribution is -2.56. The Kier molecular flexibility index (Phi) is 7.94. The highest BCUT2D eigenvalue weighted by Gasteiger charge is 2.65. The van der Waals surface area contributed by atoms with Crippen molar-refractivity contribution in [2.75, 3.05) is 11.4 Å². The van der Waals surface area contributed by atoms with Gasteiger partial charge in [0.05, 0.1) is 18.3 Å². The van der Waals surface area contributed by atoms with E-state index >= 15 is 0 Å². The molecule has 1 aliphatic carbocycles. The normalized spacial score (nSPS) is 25.4. The van der Waals surface area contributed by atoms with Crippen LogP contribution in [-0.2, 0) is 9.59 Å². The number of likely N-dealkylation sites (tertiary alicyclic amines) is 1. The molecule has 1 saturated carbocycles. The second kappa shape index (κ2) is 10.4. The number of aliphatic hydroxyl groups is 1. The number of pyridine rings is 1. The summed E-state index contributed by atoms with van der Waals surface area (Å²) < 4.78 is 110. The van der Waals surface area contributed by atoms with E-state index in [2.05, 4.69) is 10.3 Å². The molecule has 1 aromatic heterocycles. The highest BCUT2D eigenvalue weighted by atomic mass is 32.5. The Bertz CT molecular complexity index is 1520. The molecule has 2 aliphatic rings. The molecule has 2 N–H and O–H groups in total. The molecular weight excluding hydrogens is 638 g/mol. The van der Waals surface area contributed by atoms with Crippen LogP contribution in [0.15, 0.2) is 47.6 Å². The van der Waals surface area contributed by atoms with E-state index in [4.69, 9.17) is 0 Å². The fourth-order valence-corrected chi connectivity index (χ4v) is 6.36. The molecule has 2 aromatic rings. The topological polar surface area (TPSA) is 110 Å². The van der Waals surface area contributed by atoms with Crippen LogP contribution < -0.4 is 10.2 Å². The van der Waals surface area contributed by atoms with Crippen molar-refractivity contribution in [1.29, 1.82) is 5.26 Å². The second-order valence-electron chi connectivity index (χ2n) is 12.3. The third-order valence-corrected chi connectivity index (χ3v) is 9.80. The average molecular weight is 670 g/mol. The van der Waals surface area contributed by atoms with Gasteiger partial charge in [0.1, 0.15) is 22.8 Å². The molecule has 248 valence electrons. The molecule has 3 atom stereocenters. The number of carbonyl (C=O) groups excluding carboxylic acids is 2. The molecule has 2 heterocycles. The van der Waals surface area contributed by atoms with Crippen LogP contribution in [0.25, 0.3) is 0 Å². The van der Waals surface area contributed by atoms with Gasteiger partial charge in [0.15, 0.2) is 6.19 Å². The molecule has 1 saturated heterocycles. The lowest BCUT2D eigenvalue weighted by Gasteiger charge is -2.42. The summed E-state index contributed by atoms with van der Waals surface area (Å²) in [5.41, 5.74) is -3.96. The van der Waals surface area contributed by atoms with Crippen LogP contribution in [0.2, 0.25) is 0 Å². The third kappa shape index (κ3) is 6.96. The highest BCUT2D eigenvalue weighted by Crippen LogP contribution is 3.02. The number of hydrogen-bond acceptors (Lipinski definition) is 6. The number of nitrogens with one attached hydrogen (secondary N) is 1. The van der Waals surface area contributed by atoms with Gasteiger partial charge < -0.3 is 10.4 Å². The summed E-state index contributed by atoms with van der Waals surface area (Å²) in [5, 5.41) is 23.4. The number of rotatable bonds is 7. The van der Waals surface area contributed by atoms with Crippen molar-refractivity contribution >= 4 is 27.7 Å². The fraction of sp³-hybridized carbons (Fsp3) is 0.500. The molecule has 1 aliphatic heterocycles. The zero-order chi connectivity index (χ0) is 33.9. The fourth-order valence-electron chi connectivity index (χ4n) is 5.71. The largest absolute Gasteiger partial charge is 0.388 e. The maximum Gasteiger partial charge on any atom is 0.310 e. The summed E-state index contributed by atoms with van der Waals surface area (Å²) in [6.07, 6.45) is 2.08. The molecule has 1 aromatic carbocycles. The van der Waals surface area contributed by atoms with Gasteiger partial charge in [0, 0.05) is 41.7 Å². The Balaban J connectivity index is 1.90. The molecule has 4 rings (SSSR count). The van der Waals surface area contributed by atoms with Crippen molar-refractivity contribution in [2.24, 2.45) is 5.41 Å². The number of nitrogens with zero attached hydrogens (tertiary/aromatic N) is 4. The standard InChI is InChI=1S/C28H31F8N5O3S/c1-26(2)23(40(16-37)15-27(26,3)44)25(43)41(20-4-6-21(7-5-20)45(32,33,34,35)36)22(17-12-18(29)14-38-13-17)24(42)39-19-8-10-28(30,31)11-9-19/h4-7,12-14,19,22-23,44H,8-11,15H2,1-3H3,(H,39,42)/t22?,23-,27?/m0/s1. The zero-order valence-corrected chi connectivity index (χ0v) is 25.1. The van der Waals surface area contributed by atoms with Gasteiger partial charge in [-0.25, -0.2) is 13.2 Å². The summed E-state index contributed by atoms with van der Waals surface area (Å²) in [4.78, 5) is 31.3. The SMILES string of the molecule is CC1(O)CN(C#N)[C@@H](C(=O)N(c2ccc(S(F)(F)(F)(F)F)cc2)C(C(=O)NC2CCC(F)(F)CC2)c2cncc(F)c2)C1(C)C. The van der Waals surface area contributed by atoms with Gasteiger partial charge in [-0.2, -0.15) is 5.26 Å². The van der Waals surface area contributed by atoms with Crippen LogP contribution in [-0.4, -0.2) is 57.0 Å². The van der Waals surface area contributed by atoms with Crippen LogP contribution in [0, 0.1) is 22.7 Å². The number of hydrogen-bond donors (Lipinski definition) is 2. The number of β-amino-alcohol motifs (C(OH)–C–C–N with tert-alkyl or cyclic N) is 1. The average Bonchev–Trinajstić information content (AvgIpc) is 3.09. The van der Waals surface area contributed by atoms with E-state index in [-0.39, 0.29) is 37.1 Å². The van der Waals surface area contributed by atoms with E-state index in [1.54, 1.807) is 6.19 Å². The summed E-state index contributed by atoms with van der Waals surface area (Å²) in [6.45, 7) is 3.85. The lowest BCUT2D eigenvalue weighted by atomic mass is 9.73. The van der Waals surface area contributed by atoms with Crippen LogP contribution >= 0.6 is 10.2 Å². The first-order valence-electron chi connectivity index (χ1n) is 13.7. The number of nitriles is 1. The number of halogens is 8. The molecule has 17 heteroatoms. The number of aromatic nitrogens is 1. The number of carbonyl (C=O) groups is 2. The van der Waals surface area contributed by atoms with Gasteiger partial charge in [-0.05, 0) is 50.1 Å². The number of amides is 2. The second-order valence-corrected chi connectivity index (χ2v) is 14.7. The summed E-state index contributed by atoms with van der Waals surface area (Å²) in [5.74, 6) is -6.13. The number of alkyl halides is 2. The van der Waals surface area contributed by atoms with Crippen molar-refractivity contribution < 1.29 is 47.3 Å². The molecule has 8 nitrogen and oxygen atoms in total. The van der Waals surface area contributed by atoms with Crippen molar-refractivity contribution in [3.05, 3.63) is 54.1 Å². The molecule has 45 heavy (non-hydrogen) atoms. The predicted molar refractivity (Wildman–Crippen MR) is 148 cm³/mol. The summed E-state index contributed by atoms with van der Waals surface area (Å²) >= 11 is 0. The highest BCUT2D eigenvalue weighted by molar-refractivity contribution is 8.45. The predicted octanol–water partition coefficient (Wildman–Crippen LogP) is 6.59. The maximum absolute atomic E-state index is 14.5. The number of anilines is 1. The minimum Gasteiger partial charge on any atom is -0.388 e. The molecular formula is C28H31F8N5O3S. The van der Waals surface area contributed by atoms with E-state index < -0.39 is 86.3 Å². The van der Waals surface area contributed by atoms with Gasteiger partial charge in [-0.15, -0.1) is 0 Å². The minimum absolute atomic E-state index is 0.0250. The van der Waals surface area contributed by atoms with Gasteiger partial charge in [0.25, 0.3) is 5.91 Å². The zero-order valence-electron chi connectivity index (χ0n) is 24.3. The van der Waals surface area contributed by atoms with Gasteiger partial charge >= 0.3 is 10.2 Å². The van der Waals surface area contributed by atoms with Gasteiger partial charge in [-0.3, -0.25) is 24.4 Å². The van der Waals surface area contributed by atoms with Gasteiger partial charge in [0.2, 0.25) is 11.8 Å². The van der Waals surface area contributed by atoms with Crippen LogP contribution in [0.1, 0.15) is 58.1 Å². The molecule has 0 bridgehead atoms. The lowest BCUT2D eigenvalue weighted by molar-refractivity contribution is -0.131. The molecule has 2 unspecified atom stereocenters. The van der Waals surface area contributed by atoms with E-state index in [9.17, 15) is 52.6 Å². The van der Waals surface area contributed by atoms with E-state index in [0.717, 1.165) is 23.4 Å². The monoisotopic (exact) mass is 669 g/mol. The van der Waals surface area contributed by atoms with Gasteiger partial charge in [-0.1, -0.05) is 33.3 Å². The third-order valence-electron chi connectivity index (χ3n) is 8.63. The summed E-state index contributed by atoms with van der Waals surface area (Å²) in [7, 11) is -10.2. The Labute approximate surface area is 253 Å². The smallest absolute Gasteiger partial charge is 0.310 e. The molecule has 2 amide bonds. The van der Waals surface area contributed by atoms with Crippen molar-refractivity contribution in [2.45, 2.75) is 81.0 Å². The summed E-state index contributed by atoms with van der Waals surface area (Å²) in [6, 6.07) is -2.41. The Hall–Kier alpha value is -3.65. The first-order chi connectivity index (χ1) is 20.4. The Morgan fingerprint density at radius 2 is 1.67 bits per heavy atom. The van der Waals surface area contributed by atoms with Crippen molar-refractivity contribution in [1.82, 2.24) is 15.2 Å². The van der Waals surface area contributed by atoms with E-state index in [1.165, 1.54) is 20.8 Å². The molecule has 2 fully saturated rings. The maximum atomic E-state index is 14.5. The molecule has 0 radical (unpaired) electrons. The van der Waals surface area contributed by atoms with Crippen LogP contribution in [0.3, 0.4) is 0 Å².